The molecule has 0 spiro atoms. The second-order valence-electron chi connectivity index (χ2n) is 3.88. The van der Waals surface area contributed by atoms with Crippen LogP contribution in [0.2, 0.25) is 0 Å². The van der Waals surface area contributed by atoms with Gasteiger partial charge in [0, 0.05) is 11.4 Å². The van der Waals surface area contributed by atoms with Crippen molar-refractivity contribution in [2.45, 2.75) is 0 Å². The van der Waals surface area contributed by atoms with Gasteiger partial charge in [0.1, 0.15) is 0 Å². The summed E-state index contributed by atoms with van der Waals surface area (Å²) in [5, 5.41) is 3.30. The summed E-state index contributed by atoms with van der Waals surface area (Å²) < 4.78 is 0. The van der Waals surface area contributed by atoms with Crippen LogP contribution < -0.4 is 5.32 Å². The van der Waals surface area contributed by atoms with Crippen LogP contribution in [-0.2, 0) is 23.6 Å². The predicted octanol–water partition coefficient (Wildman–Crippen LogP) is 1.81. The molecule has 0 aromatic heterocycles. The molecule has 0 bridgehead atoms. The Balaban J connectivity index is 0.000000406. The van der Waals surface area contributed by atoms with E-state index in [1.807, 2.05) is 60.7 Å². The van der Waals surface area contributed by atoms with Gasteiger partial charge in [0.15, 0.2) is 0 Å². The zero-order valence-electron chi connectivity index (χ0n) is 11.7. The maximum absolute atomic E-state index is 7.56. The average molecular weight is 397 g/mol. The fourth-order valence-electron chi connectivity index (χ4n) is 1.21. The Morgan fingerprint density at radius 3 is 1.00 bits per heavy atom. The molecule has 128 valence electrons. The summed E-state index contributed by atoms with van der Waals surface area (Å²) >= 11 is 7.21. The van der Waals surface area contributed by atoms with Crippen molar-refractivity contribution in [3.05, 3.63) is 60.7 Å². The fourth-order valence-corrected chi connectivity index (χ4v) is 1.21. The molecule has 0 saturated heterocycles. The zero-order chi connectivity index (χ0) is 17.9. The molecule has 0 aliphatic rings. The summed E-state index contributed by atoms with van der Waals surface area (Å²) in [6.07, 6.45) is 0. The number of hydrogen-bond acceptors (Lipinski definition) is 3. The Morgan fingerprint density at radius 1 is 0.565 bits per heavy atom. The van der Waals surface area contributed by atoms with Crippen LogP contribution in [0.4, 0.5) is 11.4 Å². The van der Waals surface area contributed by atoms with Crippen LogP contribution in [0.15, 0.2) is 60.7 Å². The molecule has 2 aromatic rings. The second kappa shape index (κ2) is 11.0. The SMILES string of the molecule is OP(O)(O)=S.OP(O)(O)=S.c1ccc(Nc2ccccc2)cc1. The van der Waals surface area contributed by atoms with Gasteiger partial charge in [0.2, 0.25) is 0 Å². The molecule has 7 nitrogen and oxygen atoms in total. The number of para-hydroxylation sites is 2. The summed E-state index contributed by atoms with van der Waals surface area (Å²) in [6, 6.07) is 20.3. The van der Waals surface area contributed by atoms with E-state index >= 15 is 0 Å². The van der Waals surface area contributed by atoms with Crippen molar-refractivity contribution in [3.63, 3.8) is 0 Å². The monoisotopic (exact) mass is 397 g/mol. The van der Waals surface area contributed by atoms with E-state index in [1.54, 1.807) is 0 Å². The lowest BCUT2D eigenvalue weighted by molar-refractivity contribution is 0.361. The zero-order valence-corrected chi connectivity index (χ0v) is 15.1. The first-order valence-electron chi connectivity index (χ1n) is 5.89. The third-order valence-electron chi connectivity index (χ3n) is 1.84. The van der Waals surface area contributed by atoms with E-state index in [-0.39, 0.29) is 0 Å². The first-order valence-corrected chi connectivity index (χ1v) is 11.2. The molecule has 0 radical (unpaired) electrons. The molecule has 0 atom stereocenters. The summed E-state index contributed by atoms with van der Waals surface area (Å²) in [6.45, 7) is -7.61. The number of benzene rings is 2. The van der Waals surface area contributed by atoms with Crippen molar-refractivity contribution < 1.29 is 29.4 Å². The van der Waals surface area contributed by atoms with Gasteiger partial charge in [-0.25, -0.2) is 0 Å². The third kappa shape index (κ3) is 21.3. The van der Waals surface area contributed by atoms with Crippen molar-refractivity contribution >= 4 is 48.4 Å². The molecule has 0 aliphatic carbocycles. The Hall–Kier alpha value is -0.700. The van der Waals surface area contributed by atoms with Gasteiger partial charge in [-0.3, -0.25) is 0 Å². The molecule has 23 heavy (non-hydrogen) atoms. The van der Waals surface area contributed by atoms with Gasteiger partial charge in [0.05, 0.1) is 0 Å². The highest BCUT2D eigenvalue weighted by Crippen LogP contribution is 2.27. The highest BCUT2D eigenvalue weighted by Gasteiger charge is 1.93. The van der Waals surface area contributed by atoms with Crippen LogP contribution in [0.1, 0.15) is 0 Å². The largest absolute Gasteiger partial charge is 0.356 e. The van der Waals surface area contributed by atoms with Crippen LogP contribution in [0, 0.1) is 0 Å². The predicted molar refractivity (Wildman–Crippen MR) is 98.0 cm³/mol. The van der Waals surface area contributed by atoms with Crippen molar-refractivity contribution in [1.29, 1.82) is 0 Å². The molecular weight excluding hydrogens is 380 g/mol. The molecule has 0 heterocycles. The number of rotatable bonds is 2. The quantitative estimate of drug-likeness (QED) is 0.379. The number of hydrogen-bond donors (Lipinski definition) is 7. The molecule has 11 heteroatoms. The molecule has 0 aliphatic heterocycles. The number of nitrogens with one attached hydrogen (secondary N) is 1. The Labute approximate surface area is 144 Å². The maximum Gasteiger partial charge on any atom is 0.319 e. The van der Waals surface area contributed by atoms with Gasteiger partial charge in [0.25, 0.3) is 0 Å². The standard InChI is InChI=1S/C12H11N.2H3O3PS/c1-3-7-11(8-4-1)13-12-9-5-2-6-10-12;2*1-4(2,3)5/h1-10,13H;2*(H3,1,2,3,5). The molecular formula is C12H17NO6P2S2. The first kappa shape index (κ1) is 22.3. The number of anilines is 2. The van der Waals surface area contributed by atoms with Gasteiger partial charge in [-0.2, -0.15) is 0 Å². The molecule has 7 N–H and O–H groups in total. The lowest BCUT2D eigenvalue weighted by Crippen LogP contribution is -1.87. The normalized spacial score (nSPS) is 10.5. The van der Waals surface area contributed by atoms with Gasteiger partial charge in [-0.15, -0.1) is 0 Å². The van der Waals surface area contributed by atoms with Gasteiger partial charge in [-0.1, -0.05) is 36.4 Å². The average Bonchev–Trinajstić information content (AvgIpc) is 2.37. The summed E-state index contributed by atoms with van der Waals surface area (Å²) in [5.74, 6) is 0. The second-order valence-corrected chi connectivity index (χ2v) is 8.88. The van der Waals surface area contributed by atoms with E-state index in [1.165, 1.54) is 0 Å². The molecule has 0 unspecified atom stereocenters. The first-order chi connectivity index (χ1) is 10.4. The van der Waals surface area contributed by atoms with E-state index in [4.69, 9.17) is 29.4 Å². The van der Waals surface area contributed by atoms with Gasteiger partial charge >= 0.3 is 13.4 Å². The van der Waals surface area contributed by atoms with Crippen LogP contribution >= 0.6 is 13.4 Å². The summed E-state index contributed by atoms with van der Waals surface area (Å²) in [7, 11) is 0. The van der Waals surface area contributed by atoms with E-state index < -0.39 is 13.4 Å². The van der Waals surface area contributed by atoms with Crippen LogP contribution in [-0.4, -0.2) is 29.4 Å². The van der Waals surface area contributed by atoms with E-state index in [2.05, 4.69) is 28.9 Å². The van der Waals surface area contributed by atoms with Crippen molar-refractivity contribution in [3.8, 4) is 0 Å². The van der Waals surface area contributed by atoms with Crippen LogP contribution in [0.25, 0.3) is 0 Å². The molecule has 0 fully saturated rings. The van der Waals surface area contributed by atoms with E-state index in [9.17, 15) is 0 Å². The topological polar surface area (TPSA) is 133 Å². The van der Waals surface area contributed by atoms with Gasteiger partial charge < -0.3 is 34.7 Å². The summed E-state index contributed by atoms with van der Waals surface area (Å²) in [5.41, 5.74) is 2.24. The Morgan fingerprint density at radius 2 is 0.783 bits per heavy atom. The lowest BCUT2D eigenvalue weighted by Gasteiger charge is -2.04. The fraction of sp³-hybridized carbons (Fsp3) is 0. The highest BCUT2D eigenvalue weighted by molar-refractivity contribution is 8.06. The van der Waals surface area contributed by atoms with E-state index in [0.717, 1.165) is 11.4 Å². The van der Waals surface area contributed by atoms with E-state index in [0.29, 0.717) is 0 Å². The molecule has 2 aromatic carbocycles. The van der Waals surface area contributed by atoms with Gasteiger partial charge in [-0.05, 0) is 47.9 Å². The van der Waals surface area contributed by atoms with Crippen molar-refractivity contribution in [1.82, 2.24) is 0 Å². The molecule has 0 amide bonds. The van der Waals surface area contributed by atoms with Crippen molar-refractivity contribution in [2.75, 3.05) is 5.32 Å². The minimum absolute atomic E-state index is 1.12. The Kier molecular flexibility index (Phi) is 10.6. The summed E-state index contributed by atoms with van der Waals surface area (Å²) in [4.78, 5) is 45.3. The molecule has 0 saturated carbocycles. The van der Waals surface area contributed by atoms with Crippen molar-refractivity contribution in [2.24, 2.45) is 0 Å². The Bertz CT molecular complexity index is 573. The van der Waals surface area contributed by atoms with Crippen LogP contribution in [0.5, 0.6) is 0 Å². The maximum atomic E-state index is 7.56. The minimum atomic E-state index is -3.81. The highest BCUT2D eigenvalue weighted by atomic mass is 32.5. The third-order valence-corrected chi connectivity index (χ3v) is 1.84. The smallest absolute Gasteiger partial charge is 0.319 e. The lowest BCUT2D eigenvalue weighted by atomic mass is 10.3. The minimum Gasteiger partial charge on any atom is -0.356 e. The van der Waals surface area contributed by atoms with Crippen LogP contribution in [0.3, 0.4) is 0 Å². The molecule has 2 rings (SSSR count).